The lowest BCUT2D eigenvalue weighted by Gasteiger charge is -2.44. The molecule has 0 saturated carbocycles. The molecule has 1 fully saturated rings. The second-order valence-electron chi connectivity index (χ2n) is 8.62. The first-order chi connectivity index (χ1) is 15.8. The van der Waals surface area contributed by atoms with E-state index in [0.29, 0.717) is 12.0 Å². The zero-order valence-corrected chi connectivity index (χ0v) is 18.8. The molecule has 1 N–H and O–H groups in total. The average molecular weight is 471 g/mol. The minimum absolute atomic E-state index is 0.0922. The molecule has 0 amide bonds. The van der Waals surface area contributed by atoms with Crippen molar-refractivity contribution in [2.75, 3.05) is 25.1 Å². The summed E-state index contributed by atoms with van der Waals surface area (Å²) in [5.74, 6) is -1.10. The molecule has 33 heavy (non-hydrogen) atoms. The molecular weight excluding hydrogens is 446 g/mol. The lowest BCUT2D eigenvalue weighted by atomic mass is 9.81. The van der Waals surface area contributed by atoms with Gasteiger partial charge in [0.15, 0.2) is 0 Å². The van der Waals surface area contributed by atoms with Crippen LogP contribution in [-0.4, -0.2) is 44.1 Å². The molecule has 0 unspecified atom stereocenters. The molecule has 2 aliphatic rings. The highest BCUT2D eigenvalue weighted by atomic mass is 32.2. The molecule has 3 aromatic carbocycles. The molecule has 0 spiro atoms. The highest BCUT2D eigenvalue weighted by Gasteiger charge is 2.50. The van der Waals surface area contributed by atoms with E-state index in [-0.39, 0.29) is 35.8 Å². The van der Waals surface area contributed by atoms with Crippen LogP contribution in [-0.2, 0) is 10.0 Å². The summed E-state index contributed by atoms with van der Waals surface area (Å²) in [6.45, 7) is 0.152. The van der Waals surface area contributed by atoms with Gasteiger partial charge >= 0.3 is 0 Å². The van der Waals surface area contributed by atoms with Crippen LogP contribution in [0.25, 0.3) is 11.1 Å². The van der Waals surface area contributed by atoms with E-state index in [1.165, 1.54) is 34.6 Å². The summed E-state index contributed by atoms with van der Waals surface area (Å²) in [5.41, 5.74) is 3.08. The van der Waals surface area contributed by atoms with Crippen LogP contribution in [0.4, 0.5) is 14.5 Å². The first-order valence-electron chi connectivity index (χ1n) is 10.8. The van der Waals surface area contributed by atoms with Gasteiger partial charge in [-0.25, -0.2) is 17.2 Å². The molecule has 8 heteroatoms. The van der Waals surface area contributed by atoms with E-state index >= 15 is 0 Å². The van der Waals surface area contributed by atoms with E-state index in [1.807, 2.05) is 30.1 Å². The van der Waals surface area contributed by atoms with E-state index in [4.69, 9.17) is 0 Å². The Morgan fingerprint density at radius 3 is 2.36 bits per heavy atom. The largest absolute Gasteiger partial charge is 0.394 e. The second-order valence-corrected chi connectivity index (χ2v) is 10.5. The molecule has 0 aliphatic carbocycles. The van der Waals surface area contributed by atoms with Crippen molar-refractivity contribution >= 4 is 15.7 Å². The van der Waals surface area contributed by atoms with Crippen molar-refractivity contribution in [3.05, 3.63) is 83.9 Å². The lowest BCUT2D eigenvalue weighted by molar-refractivity contribution is 0.193. The number of halogens is 2. The standard InChI is InChI=1S/C25H24F2N2O3S/c1-28-23-9-8-17(16-4-2-5-18(26)12-16)13-22(23)25-21(24(28)15-30)10-11-29(25)33(31,32)20-7-3-6-19(27)14-20/h2-9,12-14,21,24-25,30H,10-11,15H2,1H3/t21-,24+,25-/m0/s1. The minimum atomic E-state index is -3.97. The van der Waals surface area contributed by atoms with Gasteiger partial charge in [-0.15, -0.1) is 0 Å². The first-order valence-corrected chi connectivity index (χ1v) is 12.3. The quantitative estimate of drug-likeness (QED) is 0.621. The van der Waals surface area contributed by atoms with Gasteiger partial charge in [0.05, 0.1) is 23.6 Å². The molecule has 3 atom stereocenters. The molecule has 1 saturated heterocycles. The Balaban J connectivity index is 1.65. The predicted molar refractivity (Wildman–Crippen MR) is 122 cm³/mol. The second kappa shape index (κ2) is 8.20. The maximum atomic E-state index is 13.9. The van der Waals surface area contributed by atoms with E-state index in [1.54, 1.807) is 12.1 Å². The van der Waals surface area contributed by atoms with Crippen molar-refractivity contribution in [1.82, 2.24) is 4.31 Å². The van der Waals surface area contributed by atoms with Crippen LogP contribution in [0.3, 0.4) is 0 Å². The van der Waals surface area contributed by atoms with Crippen LogP contribution in [0.5, 0.6) is 0 Å². The maximum Gasteiger partial charge on any atom is 0.243 e. The number of sulfonamides is 1. The number of benzene rings is 3. The number of fused-ring (bicyclic) bond motifs is 3. The Morgan fingerprint density at radius 2 is 1.67 bits per heavy atom. The zero-order valence-electron chi connectivity index (χ0n) is 18.0. The van der Waals surface area contributed by atoms with E-state index in [2.05, 4.69) is 0 Å². The molecule has 0 aromatic heterocycles. The average Bonchev–Trinajstić information content (AvgIpc) is 3.25. The third-order valence-corrected chi connectivity index (χ3v) is 8.74. The third kappa shape index (κ3) is 3.62. The Kier molecular flexibility index (Phi) is 5.47. The van der Waals surface area contributed by atoms with Crippen LogP contribution in [0.15, 0.2) is 71.6 Å². The van der Waals surface area contributed by atoms with Crippen molar-refractivity contribution in [2.24, 2.45) is 5.92 Å². The number of anilines is 1. The Morgan fingerprint density at radius 1 is 0.970 bits per heavy atom. The summed E-state index contributed by atoms with van der Waals surface area (Å²) in [6.07, 6.45) is 0.568. The van der Waals surface area contributed by atoms with Crippen LogP contribution < -0.4 is 4.90 Å². The Labute approximate surface area is 191 Å². The van der Waals surface area contributed by atoms with Gasteiger partial charge in [0.25, 0.3) is 0 Å². The monoisotopic (exact) mass is 470 g/mol. The van der Waals surface area contributed by atoms with E-state index < -0.39 is 21.9 Å². The van der Waals surface area contributed by atoms with Gasteiger partial charge in [-0.05, 0) is 65.6 Å². The zero-order chi connectivity index (χ0) is 23.3. The summed E-state index contributed by atoms with van der Waals surface area (Å²) in [7, 11) is -2.08. The lowest BCUT2D eigenvalue weighted by Crippen LogP contribution is -2.48. The van der Waals surface area contributed by atoms with Crippen LogP contribution >= 0.6 is 0 Å². The van der Waals surface area contributed by atoms with E-state index in [0.717, 1.165) is 22.9 Å². The molecule has 5 nitrogen and oxygen atoms in total. The number of hydrogen-bond acceptors (Lipinski definition) is 4. The van der Waals surface area contributed by atoms with Crippen molar-refractivity contribution in [3.8, 4) is 11.1 Å². The summed E-state index contributed by atoms with van der Waals surface area (Å²) in [5, 5.41) is 10.1. The maximum absolute atomic E-state index is 13.9. The predicted octanol–water partition coefficient (Wildman–Crippen LogP) is 4.19. The highest BCUT2D eigenvalue weighted by molar-refractivity contribution is 7.89. The minimum Gasteiger partial charge on any atom is -0.394 e. The van der Waals surface area contributed by atoms with Gasteiger partial charge in [0.1, 0.15) is 11.6 Å². The molecule has 5 rings (SSSR count). The van der Waals surface area contributed by atoms with Crippen LogP contribution in [0.2, 0.25) is 0 Å². The van der Waals surface area contributed by atoms with Gasteiger partial charge in [-0.2, -0.15) is 4.31 Å². The van der Waals surface area contributed by atoms with E-state index in [9.17, 15) is 22.3 Å². The molecule has 0 radical (unpaired) electrons. The number of rotatable bonds is 4. The molecule has 172 valence electrons. The number of aliphatic hydroxyl groups is 1. The molecule has 2 aliphatic heterocycles. The fraction of sp³-hybridized carbons (Fsp3) is 0.280. The summed E-state index contributed by atoms with van der Waals surface area (Å²) in [6, 6.07) is 16.2. The van der Waals surface area contributed by atoms with Crippen LogP contribution in [0.1, 0.15) is 18.0 Å². The number of aliphatic hydroxyl groups excluding tert-OH is 1. The first kappa shape index (κ1) is 22.0. The van der Waals surface area contributed by atoms with Gasteiger partial charge in [0.2, 0.25) is 10.0 Å². The Bertz CT molecular complexity index is 1310. The van der Waals surface area contributed by atoms with Gasteiger partial charge in [0, 0.05) is 25.2 Å². The smallest absolute Gasteiger partial charge is 0.243 e. The Hall–Kier alpha value is -2.81. The molecule has 3 aromatic rings. The van der Waals surface area contributed by atoms with Crippen molar-refractivity contribution in [2.45, 2.75) is 23.4 Å². The topological polar surface area (TPSA) is 60.9 Å². The summed E-state index contributed by atoms with van der Waals surface area (Å²) < 4.78 is 56.2. The number of likely N-dealkylation sites (N-methyl/N-ethyl adjacent to an activating group) is 1. The van der Waals surface area contributed by atoms with Gasteiger partial charge in [-0.3, -0.25) is 0 Å². The SMILES string of the molecule is CN1c2ccc(-c3cccc(F)c3)cc2[C@@H]2[C@@H](CCN2S(=O)(=O)c2cccc(F)c2)[C@H]1CO. The van der Waals surface area contributed by atoms with Crippen molar-refractivity contribution < 1.29 is 22.3 Å². The molecule has 2 heterocycles. The highest BCUT2D eigenvalue weighted by Crippen LogP contribution is 2.51. The summed E-state index contributed by atoms with van der Waals surface area (Å²) >= 11 is 0. The summed E-state index contributed by atoms with van der Waals surface area (Å²) in [4.78, 5) is 1.90. The number of nitrogens with zero attached hydrogens (tertiary/aromatic N) is 2. The fourth-order valence-electron chi connectivity index (χ4n) is 5.29. The third-order valence-electron chi connectivity index (χ3n) is 6.86. The molecule has 0 bridgehead atoms. The number of hydrogen-bond donors (Lipinski definition) is 1. The molecular formula is C25H24F2N2O3S. The fourth-order valence-corrected chi connectivity index (χ4v) is 6.99. The van der Waals surface area contributed by atoms with Gasteiger partial charge in [-0.1, -0.05) is 24.3 Å². The normalized spacial score (nSPS) is 22.8. The van der Waals surface area contributed by atoms with Crippen molar-refractivity contribution in [1.29, 1.82) is 0 Å². The van der Waals surface area contributed by atoms with Crippen molar-refractivity contribution in [3.63, 3.8) is 0 Å². The van der Waals surface area contributed by atoms with Gasteiger partial charge < -0.3 is 10.0 Å². The van der Waals surface area contributed by atoms with Crippen LogP contribution in [0, 0.1) is 17.6 Å².